The highest BCUT2D eigenvalue weighted by Gasteiger charge is 2.18. The average Bonchev–Trinajstić information content (AvgIpc) is 2.73. The fourth-order valence-electron chi connectivity index (χ4n) is 2.15. The molecule has 1 heterocycles. The van der Waals surface area contributed by atoms with Crippen molar-refractivity contribution in [1.29, 1.82) is 0 Å². The van der Waals surface area contributed by atoms with Gasteiger partial charge >= 0.3 is 0 Å². The van der Waals surface area contributed by atoms with Crippen molar-refractivity contribution in [1.82, 2.24) is 10.2 Å². The topological polar surface area (TPSA) is 27.3 Å². The fraction of sp³-hybridized carbons (Fsp3) is 0.538. The van der Waals surface area contributed by atoms with Crippen molar-refractivity contribution in [3.63, 3.8) is 0 Å². The van der Waals surface area contributed by atoms with Gasteiger partial charge in [-0.05, 0) is 37.7 Å². The number of nitrogens with one attached hydrogen (secondary N) is 2. The van der Waals surface area contributed by atoms with Gasteiger partial charge in [0.1, 0.15) is 0 Å². The molecule has 88 valence electrons. The highest BCUT2D eigenvalue weighted by atomic mass is 15.2. The minimum absolute atomic E-state index is 0.661. The van der Waals surface area contributed by atoms with E-state index < -0.39 is 0 Å². The van der Waals surface area contributed by atoms with Gasteiger partial charge in [0.2, 0.25) is 0 Å². The normalized spacial score (nSPS) is 21.2. The maximum atomic E-state index is 3.60. The van der Waals surface area contributed by atoms with Crippen LogP contribution in [0.4, 0.5) is 5.69 Å². The number of hydrogen-bond donors (Lipinski definition) is 2. The maximum absolute atomic E-state index is 3.60. The molecular formula is C13H21N3. The molecule has 2 N–H and O–H groups in total. The predicted molar refractivity (Wildman–Crippen MR) is 68.7 cm³/mol. The van der Waals surface area contributed by atoms with Crippen molar-refractivity contribution in [2.24, 2.45) is 0 Å². The van der Waals surface area contributed by atoms with Gasteiger partial charge in [0, 0.05) is 31.9 Å². The van der Waals surface area contributed by atoms with Gasteiger partial charge in [-0.3, -0.25) is 0 Å². The first-order valence-corrected chi connectivity index (χ1v) is 5.96. The van der Waals surface area contributed by atoms with Gasteiger partial charge in [0.15, 0.2) is 0 Å². The van der Waals surface area contributed by atoms with Crippen LogP contribution in [-0.4, -0.2) is 38.1 Å². The minimum Gasteiger partial charge on any atom is -0.388 e. The van der Waals surface area contributed by atoms with Crippen LogP contribution in [0.15, 0.2) is 24.3 Å². The SMILES string of the molecule is CNc1ccc(CNC2CCN(C)C2)cc1. The third kappa shape index (κ3) is 2.97. The van der Waals surface area contributed by atoms with Crippen LogP contribution >= 0.6 is 0 Å². The largest absolute Gasteiger partial charge is 0.388 e. The third-order valence-corrected chi connectivity index (χ3v) is 3.23. The Balaban J connectivity index is 1.80. The number of likely N-dealkylation sites (tertiary alicyclic amines) is 1. The van der Waals surface area contributed by atoms with E-state index in [1.54, 1.807) is 0 Å². The highest BCUT2D eigenvalue weighted by Crippen LogP contribution is 2.10. The lowest BCUT2D eigenvalue weighted by atomic mass is 10.2. The molecule has 0 bridgehead atoms. The fourth-order valence-corrected chi connectivity index (χ4v) is 2.15. The van der Waals surface area contributed by atoms with Crippen LogP contribution in [-0.2, 0) is 6.54 Å². The van der Waals surface area contributed by atoms with Crippen LogP contribution in [0.1, 0.15) is 12.0 Å². The molecule has 0 saturated carbocycles. The number of nitrogens with zero attached hydrogens (tertiary/aromatic N) is 1. The van der Waals surface area contributed by atoms with Gasteiger partial charge in [-0.15, -0.1) is 0 Å². The van der Waals surface area contributed by atoms with Gasteiger partial charge in [-0.2, -0.15) is 0 Å². The van der Waals surface area contributed by atoms with Gasteiger partial charge in [-0.1, -0.05) is 12.1 Å². The molecule has 16 heavy (non-hydrogen) atoms. The zero-order chi connectivity index (χ0) is 11.4. The van der Waals surface area contributed by atoms with Crippen LogP contribution in [0.25, 0.3) is 0 Å². The van der Waals surface area contributed by atoms with E-state index in [2.05, 4.69) is 46.8 Å². The summed E-state index contributed by atoms with van der Waals surface area (Å²) >= 11 is 0. The number of hydrogen-bond acceptors (Lipinski definition) is 3. The molecule has 1 aliphatic rings. The molecule has 0 aliphatic carbocycles. The van der Waals surface area contributed by atoms with E-state index in [-0.39, 0.29) is 0 Å². The van der Waals surface area contributed by atoms with Crippen LogP contribution in [0.3, 0.4) is 0 Å². The molecule has 1 saturated heterocycles. The Kier molecular flexibility index (Phi) is 3.80. The summed E-state index contributed by atoms with van der Waals surface area (Å²) < 4.78 is 0. The van der Waals surface area contributed by atoms with E-state index in [1.165, 1.54) is 30.8 Å². The third-order valence-electron chi connectivity index (χ3n) is 3.23. The molecule has 3 heteroatoms. The quantitative estimate of drug-likeness (QED) is 0.804. The summed E-state index contributed by atoms with van der Waals surface area (Å²) in [6.45, 7) is 3.37. The summed E-state index contributed by atoms with van der Waals surface area (Å²) in [5, 5.41) is 6.73. The maximum Gasteiger partial charge on any atom is 0.0337 e. The molecule has 0 aromatic heterocycles. The van der Waals surface area contributed by atoms with Crippen LogP contribution in [0.2, 0.25) is 0 Å². The van der Waals surface area contributed by atoms with E-state index >= 15 is 0 Å². The highest BCUT2D eigenvalue weighted by molar-refractivity contribution is 5.43. The van der Waals surface area contributed by atoms with Crippen molar-refractivity contribution in [2.45, 2.75) is 19.0 Å². The van der Waals surface area contributed by atoms with Gasteiger partial charge in [0.25, 0.3) is 0 Å². The van der Waals surface area contributed by atoms with Crippen LogP contribution in [0.5, 0.6) is 0 Å². The molecule has 0 radical (unpaired) electrons. The Morgan fingerprint density at radius 3 is 2.62 bits per heavy atom. The van der Waals surface area contributed by atoms with Crippen molar-refractivity contribution in [3.05, 3.63) is 29.8 Å². The van der Waals surface area contributed by atoms with Gasteiger partial charge in [-0.25, -0.2) is 0 Å². The number of anilines is 1. The summed E-state index contributed by atoms with van der Waals surface area (Å²) in [6, 6.07) is 9.26. The van der Waals surface area contributed by atoms with Crippen molar-refractivity contribution < 1.29 is 0 Å². The zero-order valence-corrected chi connectivity index (χ0v) is 10.2. The second-order valence-corrected chi connectivity index (χ2v) is 4.58. The lowest BCUT2D eigenvalue weighted by Crippen LogP contribution is -2.30. The summed E-state index contributed by atoms with van der Waals surface area (Å²) in [4.78, 5) is 2.38. The predicted octanol–water partition coefficient (Wildman–Crippen LogP) is 1.52. The van der Waals surface area contributed by atoms with Gasteiger partial charge < -0.3 is 15.5 Å². The molecule has 0 amide bonds. The molecule has 1 aliphatic heterocycles. The molecule has 2 rings (SSSR count). The second-order valence-electron chi connectivity index (χ2n) is 4.58. The summed E-state index contributed by atoms with van der Waals surface area (Å²) in [5.41, 5.74) is 2.53. The Labute approximate surface area is 97.8 Å². The van der Waals surface area contributed by atoms with Crippen molar-refractivity contribution >= 4 is 5.69 Å². The standard InChI is InChI=1S/C13H21N3/c1-14-12-5-3-11(4-6-12)9-15-13-7-8-16(2)10-13/h3-6,13-15H,7-10H2,1-2H3. The monoisotopic (exact) mass is 219 g/mol. The smallest absolute Gasteiger partial charge is 0.0337 e. The van der Waals surface area contributed by atoms with Gasteiger partial charge in [0.05, 0.1) is 0 Å². The Morgan fingerprint density at radius 1 is 1.31 bits per heavy atom. The molecule has 1 fully saturated rings. The molecular weight excluding hydrogens is 198 g/mol. The Bertz CT molecular complexity index is 320. The van der Waals surface area contributed by atoms with Crippen molar-refractivity contribution in [3.8, 4) is 0 Å². The Morgan fingerprint density at radius 2 is 2.06 bits per heavy atom. The molecule has 3 nitrogen and oxygen atoms in total. The first-order chi connectivity index (χ1) is 7.78. The molecule has 1 aromatic rings. The number of benzene rings is 1. The average molecular weight is 219 g/mol. The van der Waals surface area contributed by atoms with E-state index in [4.69, 9.17) is 0 Å². The van der Waals surface area contributed by atoms with E-state index in [9.17, 15) is 0 Å². The molecule has 1 atom stereocenters. The zero-order valence-electron chi connectivity index (χ0n) is 10.2. The first kappa shape index (κ1) is 11.4. The lowest BCUT2D eigenvalue weighted by molar-refractivity contribution is 0.397. The van der Waals surface area contributed by atoms with Crippen LogP contribution < -0.4 is 10.6 Å². The summed E-state index contributed by atoms with van der Waals surface area (Å²) in [5.74, 6) is 0. The summed E-state index contributed by atoms with van der Waals surface area (Å²) in [7, 11) is 4.13. The van der Waals surface area contributed by atoms with Crippen molar-refractivity contribution in [2.75, 3.05) is 32.5 Å². The van der Waals surface area contributed by atoms with E-state index in [0.29, 0.717) is 6.04 Å². The number of rotatable bonds is 4. The van der Waals surface area contributed by atoms with E-state index in [1.807, 2.05) is 7.05 Å². The lowest BCUT2D eigenvalue weighted by Gasteiger charge is -2.13. The molecule has 1 unspecified atom stereocenters. The van der Waals surface area contributed by atoms with E-state index in [0.717, 1.165) is 6.54 Å². The van der Waals surface area contributed by atoms with Crippen LogP contribution in [0, 0.1) is 0 Å². The summed E-state index contributed by atoms with van der Waals surface area (Å²) in [6.07, 6.45) is 1.27. The second kappa shape index (κ2) is 5.32. The number of likely N-dealkylation sites (N-methyl/N-ethyl adjacent to an activating group) is 1. The molecule has 1 aromatic carbocycles. The molecule has 0 spiro atoms. The first-order valence-electron chi connectivity index (χ1n) is 5.96. The Hall–Kier alpha value is -1.06. The minimum atomic E-state index is 0.661.